The summed E-state index contributed by atoms with van der Waals surface area (Å²) in [6.07, 6.45) is 1.24. The Morgan fingerprint density at radius 3 is 2.31 bits per heavy atom. The number of sulfonamides is 1. The van der Waals surface area contributed by atoms with Gasteiger partial charge in [0.15, 0.2) is 0 Å². The molecule has 0 bridgehead atoms. The van der Waals surface area contributed by atoms with E-state index < -0.39 is 21.8 Å². The summed E-state index contributed by atoms with van der Waals surface area (Å²) in [4.78, 5) is 17.0. The van der Waals surface area contributed by atoms with Gasteiger partial charge in [-0.1, -0.05) is 18.2 Å². The second-order valence-electron chi connectivity index (χ2n) is 8.35. The third-order valence-electron chi connectivity index (χ3n) is 6.22. The zero-order valence-electron chi connectivity index (χ0n) is 17.8. The molecule has 4 rings (SSSR count). The number of halogens is 2. The Morgan fingerprint density at radius 2 is 1.62 bits per heavy atom. The van der Waals surface area contributed by atoms with Crippen LogP contribution in [0.3, 0.4) is 0 Å². The van der Waals surface area contributed by atoms with Crippen molar-refractivity contribution in [2.24, 2.45) is 5.92 Å². The maximum Gasteiger partial charge on any atom is 0.243 e. The van der Waals surface area contributed by atoms with Crippen LogP contribution in [0, 0.1) is 17.6 Å². The predicted octanol–water partition coefficient (Wildman–Crippen LogP) is 2.71. The number of amides is 1. The summed E-state index contributed by atoms with van der Waals surface area (Å²) in [6, 6.07) is 11.5. The summed E-state index contributed by atoms with van der Waals surface area (Å²) in [6.45, 7) is 3.34. The number of hydrogen-bond donors (Lipinski definition) is 0. The van der Waals surface area contributed by atoms with Gasteiger partial charge in [-0.15, -0.1) is 0 Å². The first-order chi connectivity index (χ1) is 15.3. The van der Waals surface area contributed by atoms with Crippen molar-refractivity contribution < 1.29 is 22.0 Å². The van der Waals surface area contributed by atoms with E-state index >= 15 is 0 Å². The monoisotopic (exact) mass is 463 g/mol. The lowest BCUT2D eigenvalue weighted by atomic mass is 9.97. The molecule has 1 atom stereocenters. The highest BCUT2D eigenvalue weighted by molar-refractivity contribution is 7.89. The van der Waals surface area contributed by atoms with Gasteiger partial charge in [-0.2, -0.15) is 4.31 Å². The average molecular weight is 464 g/mol. The standard InChI is InChI=1S/C23H27F2N3O3S/c24-20-7-9-21(10-8-20)32(30,31)28-11-3-5-19(17-28)23(29)27-14-12-26(13-15-27)16-18-4-1-2-6-22(18)25/h1-2,4,6-10,19H,3,5,11-17H2/t19-/m1/s1. The molecule has 2 saturated heterocycles. The van der Waals surface area contributed by atoms with Gasteiger partial charge in [0.25, 0.3) is 0 Å². The molecule has 2 fully saturated rings. The van der Waals surface area contributed by atoms with E-state index in [0.29, 0.717) is 57.7 Å². The molecule has 2 aromatic rings. The molecular weight excluding hydrogens is 436 g/mol. The largest absolute Gasteiger partial charge is 0.340 e. The summed E-state index contributed by atoms with van der Waals surface area (Å²) >= 11 is 0. The van der Waals surface area contributed by atoms with Crippen molar-refractivity contribution in [2.45, 2.75) is 24.3 Å². The topological polar surface area (TPSA) is 60.9 Å². The van der Waals surface area contributed by atoms with Crippen molar-refractivity contribution >= 4 is 15.9 Å². The first-order valence-corrected chi connectivity index (χ1v) is 12.3. The van der Waals surface area contributed by atoms with Gasteiger partial charge in [0.2, 0.25) is 15.9 Å². The summed E-state index contributed by atoms with van der Waals surface area (Å²) in [5, 5.41) is 0. The highest BCUT2D eigenvalue weighted by atomic mass is 32.2. The molecule has 0 spiro atoms. The molecule has 2 aliphatic rings. The molecule has 0 aliphatic carbocycles. The van der Waals surface area contributed by atoms with Crippen LogP contribution in [0.4, 0.5) is 8.78 Å². The Bertz CT molecular complexity index is 1050. The zero-order chi connectivity index (χ0) is 22.7. The Balaban J connectivity index is 1.34. The number of nitrogens with zero attached hydrogens (tertiary/aromatic N) is 3. The van der Waals surface area contributed by atoms with E-state index in [4.69, 9.17) is 0 Å². The molecule has 6 nitrogen and oxygen atoms in total. The third kappa shape index (κ3) is 5.00. The number of hydrogen-bond acceptors (Lipinski definition) is 4. The van der Waals surface area contributed by atoms with Crippen molar-refractivity contribution in [2.75, 3.05) is 39.3 Å². The zero-order valence-corrected chi connectivity index (χ0v) is 18.6. The lowest BCUT2D eigenvalue weighted by molar-refractivity contribution is -0.138. The summed E-state index contributed by atoms with van der Waals surface area (Å²) < 4.78 is 54.3. The van der Waals surface area contributed by atoms with E-state index in [-0.39, 0.29) is 23.2 Å². The van der Waals surface area contributed by atoms with Gasteiger partial charge in [0.05, 0.1) is 10.8 Å². The van der Waals surface area contributed by atoms with E-state index in [1.807, 2.05) is 6.07 Å². The van der Waals surface area contributed by atoms with Crippen LogP contribution in [0.2, 0.25) is 0 Å². The average Bonchev–Trinajstić information content (AvgIpc) is 2.81. The first-order valence-electron chi connectivity index (χ1n) is 10.8. The first kappa shape index (κ1) is 22.8. The van der Waals surface area contributed by atoms with Crippen molar-refractivity contribution in [3.05, 3.63) is 65.7 Å². The number of piperazine rings is 1. The van der Waals surface area contributed by atoms with Gasteiger partial charge in [-0.05, 0) is 43.2 Å². The van der Waals surface area contributed by atoms with Gasteiger partial charge < -0.3 is 4.90 Å². The lowest BCUT2D eigenvalue weighted by Crippen LogP contribution is -2.52. The molecule has 1 amide bonds. The SMILES string of the molecule is O=C([C@@H]1CCCN(S(=O)(=O)c2ccc(F)cc2)C1)N1CCN(Cc2ccccc2F)CC1. The van der Waals surface area contributed by atoms with Crippen LogP contribution in [-0.4, -0.2) is 67.7 Å². The van der Waals surface area contributed by atoms with E-state index in [1.54, 1.807) is 17.0 Å². The molecular formula is C23H27F2N3O3S. The molecule has 2 aromatic carbocycles. The second-order valence-corrected chi connectivity index (χ2v) is 10.3. The Hall–Kier alpha value is -2.36. The molecule has 0 N–H and O–H groups in total. The Kier molecular flexibility index (Phi) is 6.88. The number of benzene rings is 2. The minimum absolute atomic E-state index is 0.0328. The number of carbonyl (C=O) groups is 1. The molecule has 172 valence electrons. The van der Waals surface area contributed by atoms with Crippen LogP contribution < -0.4 is 0 Å². The summed E-state index contributed by atoms with van der Waals surface area (Å²) in [5.41, 5.74) is 0.640. The van der Waals surface area contributed by atoms with Gasteiger partial charge >= 0.3 is 0 Å². The van der Waals surface area contributed by atoms with Gasteiger partial charge in [0, 0.05) is 51.4 Å². The third-order valence-corrected chi connectivity index (χ3v) is 8.10. The summed E-state index contributed by atoms with van der Waals surface area (Å²) in [5.74, 6) is -1.15. The van der Waals surface area contributed by atoms with Crippen molar-refractivity contribution in [1.29, 1.82) is 0 Å². The van der Waals surface area contributed by atoms with E-state index in [1.165, 1.54) is 22.5 Å². The van der Waals surface area contributed by atoms with Gasteiger partial charge in [-0.25, -0.2) is 17.2 Å². The van der Waals surface area contributed by atoms with E-state index in [2.05, 4.69) is 4.90 Å². The van der Waals surface area contributed by atoms with Crippen LogP contribution >= 0.6 is 0 Å². The van der Waals surface area contributed by atoms with Crippen LogP contribution in [0.15, 0.2) is 53.4 Å². The predicted molar refractivity (Wildman–Crippen MR) is 116 cm³/mol. The molecule has 9 heteroatoms. The normalized spacial score (nSPS) is 20.9. The van der Waals surface area contributed by atoms with Crippen molar-refractivity contribution in [3.8, 4) is 0 Å². The Morgan fingerprint density at radius 1 is 0.938 bits per heavy atom. The number of rotatable bonds is 5. The number of piperidine rings is 1. The Labute approximate surface area is 187 Å². The quantitative estimate of drug-likeness (QED) is 0.684. The summed E-state index contributed by atoms with van der Waals surface area (Å²) in [7, 11) is -3.77. The minimum atomic E-state index is -3.77. The van der Waals surface area contributed by atoms with Crippen LogP contribution in [0.1, 0.15) is 18.4 Å². The van der Waals surface area contributed by atoms with Gasteiger partial charge in [-0.3, -0.25) is 9.69 Å². The second kappa shape index (κ2) is 9.64. The van der Waals surface area contributed by atoms with Crippen molar-refractivity contribution in [1.82, 2.24) is 14.1 Å². The highest BCUT2D eigenvalue weighted by Crippen LogP contribution is 2.26. The van der Waals surface area contributed by atoms with E-state index in [9.17, 15) is 22.0 Å². The minimum Gasteiger partial charge on any atom is -0.340 e. The fraction of sp³-hybridized carbons (Fsp3) is 0.435. The molecule has 2 heterocycles. The van der Waals surface area contributed by atoms with Crippen LogP contribution in [-0.2, 0) is 21.4 Å². The van der Waals surface area contributed by atoms with Crippen LogP contribution in [0.5, 0.6) is 0 Å². The molecule has 32 heavy (non-hydrogen) atoms. The molecule has 0 radical (unpaired) electrons. The number of carbonyl (C=O) groups excluding carboxylic acids is 1. The fourth-order valence-electron chi connectivity index (χ4n) is 4.37. The smallest absolute Gasteiger partial charge is 0.243 e. The van der Waals surface area contributed by atoms with Crippen LogP contribution in [0.25, 0.3) is 0 Å². The maximum atomic E-state index is 13.9. The molecule has 0 saturated carbocycles. The molecule has 2 aliphatic heterocycles. The highest BCUT2D eigenvalue weighted by Gasteiger charge is 2.35. The van der Waals surface area contributed by atoms with Crippen molar-refractivity contribution in [3.63, 3.8) is 0 Å². The molecule has 0 unspecified atom stereocenters. The van der Waals surface area contributed by atoms with Gasteiger partial charge in [0.1, 0.15) is 11.6 Å². The lowest BCUT2D eigenvalue weighted by Gasteiger charge is -2.38. The van der Waals surface area contributed by atoms with E-state index in [0.717, 1.165) is 12.1 Å². The fourth-order valence-corrected chi connectivity index (χ4v) is 5.89. The maximum absolute atomic E-state index is 13.9. The molecule has 0 aromatic heterocycles.